The number of rotatable bonds is 4. The molecule has 0 N–H and O–H groups in total. The van der Waals surface area contributed by atoms with Gasteiger partial charge in [-0.2, -0.15) is 0 Å². The topological polar surface area (TPSA) is 53.1 Å². The third kappa shape index (κ3) is 3.95. The van der Waals surface area contributed by atoms with E-state index < -0.39 is 0 Å². The molecule has 2 amide bonds. The molecule has 0 radical (unpaired) electrons. The first-order valence-corrected chi connectivity index (χ1v) is 9.06. The summed E-state index contributed by atoms with van der Waals surface area (Å²) in [5, 5.41) is 0. The third-order valence-corrected chi connectivity index (χ3v) is 5.24. The SMILES string of the molecule is COc1cccc(C(=O)N2CCN(C(C)C(=O)N3CCCC3)CC2)c1. The maximum atomic E-state index is 12.7. The molecule has 6 heteroatoms. The smallest absolute Gasteiger partial charge is 0.254 e. The zero-order chi connectivity index (χ0) is 17.8. The first-order chi connectivity index (χ1) is 12.1. The van der Waals surface area contributed by atoms with Crippen LogP contribution in [0.1, 0.15) is 30.1 Å². The fourth-order valence-electron chi connectivity index (χ4n) is 3.61. The number of likely N-dealkylation sites (tertiary alicyclic amines) is 1. The summed E-state index contributed by atoms with van der Waals surface area (Å²) >= 11 is 0. The van der Waals surface area contributed by atoms with Gasteiger partial charge in [0, 0.05) is 44.8 Å². The number of nitrogens with zero attached hydrogens (tertiary/aromatic N) is 3. The van der Waals surface area contributed by atoms with Gasteiger partial charge < -0.3 is 14.5 Å². The van der Waals surface area contributed by atoms with Crippen LogP contribution in [-0.4, -0.2) is 78.9 Å². The summed E-state index contributed by atoms with van der Waals surface area (Å²) in [5.74, 6) is 0.941. The Labute approximate surface area is 149 Å². The molecule has 2 heterocycles. The van der Waals surface area contributed by atoms with E-state index in [9.17, 15) is 9.59 Å². The molecule has 1 aromatic carbocycles. The van der Waals surface area contributed by atoms with Crippen LogP contribution in [0.3, 0.4) is 0 Å². The highest BCUT2D eigenvalue weighted by atomic mass is 16.5. The minimum Gasteiger partial charge on any atom is -0.497 e. The fourth-order valence-corrected chi connectivity index (χ4v) is 3.61. The molecular formula is C19H27N3O3. The molecule has 0 saturated carbocycles. The van der Waals surface area contributed by atoms with Crippen LogP contribution in [0.5, 0.6) is 5.75 Å². The Kier molecular flexibility index (Phi) is 5.58. The highest BCUT2D eigenvalue weighted by Gasteiger charge is 2.31. The van der Waals surface area contributed by atoms with E-state index in [0.717, 1.165) is 39.0 Å². The Bertz CT molecular complexity index is 620. The van der Waals surface area contributed by atoms with Crippen molar-refractivity contribution in [1.29, 1.82) is 0 Å². The van der Waals surface area contributed by atoms with Gasteiger partial charge in [-0.1, -0.05) is 6.07 Å². The Morgan fingerprint density at radius 2 is 1.68 bits per heavy atom. The summed E-state index contributed by atoms with van der Waals surface area (Å²) in [5.41, 5.74) is 0.647. The summed E-state index contributed by atoms with van der Waals surface area (Å²) in [4.78, 5) is 31.2. The van der Waals surface area contributed by atoms with Gasteiger partial charge in [0.1, 0.15) is 5.75 Å². The number of carbonyl (C=O) groups excluding carboxylic acids is 2. The van der Waals surface area contributed by atoms with Crippen molar-refractivity contribution in [2.75, 3.05) is 46.4 Å². The Morgan fingerprint density at radius 1 is 1.00 bits per heavy atom. The van der Waals surface area contributed by atoms with Gasteiger partial charge in [0.15, 0.2) is 0 Å². The summed E-state index contributed by atoms with van der Waals surface area (Å²) in [6, 6.07) is 7.15. The number of hydrogen-bond donors (Lipinski definition) is 0. The molecule has 1 atom stereocenters. The van der Waals surface area contributed by atoms with E-state index in [4.69, 9.17) is 4.74 Å². The number of hydrogen-bond acceptors (Lipinski definition) is 4. The molecule has 3 rings (SSSR count). The van der Waals surface area contributed by atoms with Gasteiger partial charge in [-0.05, 0) is 38.0 Å². The van der Waals surface area contributed by atoms with Crippen molar-refractivity contribution in [3.63, 3.8) is 0 Å². The molecule has 0 aromatic heterocycles. The van der Waals surface area contributed by atoms with Crippen LogP contribution >= 0.6 is 0 Å². The predicted octanol–water partition coefficient (Wildman–Crippen LogP) is 1.46. The molecule has 2 aliphatic heterocycles. The zero-order valence-electron chi connectivity index (χ0n) is 15.1. The van der Waals surface area contributed by atoms with E-state index in [1.165, 1.54) is 0 Å². The van der Waals surface area contributed by atoms with Gasteiger partial charge in [-0.15, -0.1) is 0 Å². The van der Waals surface area contributed by atoms with Crippen LogP contribution in [0.2, 0.25) is 0 Å². The molecule has 0 aliphatic carbocycles. The normalized spacial score (nSPS) is 19.8. The second-order valence-electron chi connectivity index (χ2n) is 6.77. The van der Waals surface area contributed by atoms with Crippen LogP contribution in [0, 0.1) is 0 Å². The summed E-state index contributed by atoms with van der Waals surface area (Å²) in [6.07, 6.45) is 2.22. The van der Waals surface area contributed by atoms with Crippen molar-refractivity contribution in [3.8, 4) is 5.75 Å². The average Bonchev–Trinajstić information content (AvgIpc) is 3.21. The van der Waals surface area contributed by atoms with Gasteiger partial charge in [0.25, 0.3) is 5.91 Å². The van der Waals surface area contributed by atoms with Crippen molar-refractivity contribution in [2.24, 2.45) is 0 Å². The molecule has 2 aliphatic rings. The van der Waals surface area contributed by atoms with Crippen molar-refractivity contribution < 1.29 is 14.3 Å². The van der Waals surface area contributed by atoms with Crippen LogP contribution in [-0.2, 0) is 4.79 Å². The average molecular weight is 345 g/mol. The minimum absolute atomic E-state index is 0.0251. The Morgan fingerprint density at radius 3 is 2.32 bits per heavy atom. The van der Waals surface area contributed by atoms with Gasteiger partial charge in [-0.3, -0.25) is 14.5 Å². The van der Waals surface area contributed by atoms with E-state index in [1.54, 1.807) is 13.2 Å². The Balaban J connectivity index is 1.55. The van der Waals surface area contributed by atoms with Crippen LogP contribution in [0.15, 0.2) is 24.3 Å². The van der Waals surface area contributed by atoms with E-state index in [-0.39, 0.29) is 17.9 Å². The molecule has 0 bridgehead atoms. The van der Waals surface area contributed by atoms with Gasteiger partial charge in [0.05, 0.1) is 13.2 Å². The first kappa shape index (κ1) is 17.7. The van der Waals surface area contributed by atoms with Crippen molar-refractivity contribution >= 4 is 11.8 Å². The van der Waals surface area contributed by atoms with Gasteiger partial charge >= 0.3 is 0 Å². The molecule has 25 heavy (non-hydrogen) atoms. The number of ether oxygens (including phenoxy) is 1. The van der Waals surface area contributed by atoms with Crippen molar-refractivity contribution in [3.05, 3.63) is 29.8 Å². The summed E-state index contributed by atoms with van der Waals surface area (Å²) in [6.45, 7) is 6.52. The molecular weight excluding hydrogens is 318 g/mol. The lowest BCUT2D eigenvalue weighted by atomic mass is 10.1. The molecule has 2 fully saturated rings. The number of benzene rings is 1. The number of piperazine rings is 1. The first-order valence-electron chi connectivity index (χ1n) is 9.06. The molecule has 1 aromatic rings. The lowest BCUT2D eigenvalue weighted by Crippen LogP contribution is -2.55. The number of carbonyl (C=O) groups is 2. The van der Waals surface area contributed by atoms with Crippen molar-refractivity contribution in [1.82, 2.24) is 14.7 Å². The quantitative estimate of drug-likeness (QED) is 0.829. The van der Waals surface area contributed by atoms with E-state index >= 15 is 0 Å². The Hall–Kier alpha value is -2.08. The van der Waals surface area contributed by atoms with Gasteiger partial charge in [-0.25, -0.2) is 0 Å². The molecule has 1 unspecified atom stereocenters. The maximum absolute atomic E-state index is 12.7. The number of amides is 2. The highest BCUT2D eigenvalue weighted by Crippen LogP contribution is 2.17. The molecule has 0 spiro atoms. The summed E-state index contributed by atoms with van der Waals surface area (Å²) < 4.78 is 5.19. The fraction of sp³-hybridized carbons (Fsp3) is 0.579. The van der Waals surface area contributed by atoms with Crippen molar-refractivity contribution in [2.45, 2.75) is 25.8 Å². The van der Waals surface area contributed by atoms with Crippen LogP contribution < -0.4 is 4.74 Å². The third-order valence-electron chi connectivity index (χ3n) is 5.24. The molecule has 2 saturated heterocycles. The largest absolute Gasteiger partial charge is 0.497 e. The molecule has 6 nitrogen and oxygen atoms in total. The highest BCUT2D eigenvalue weighted by molar-refractivity contribution is 5.94. The minimum atomic E-state index is -0.104. The summed E-state index contributed by atoms with van der Waals surface area (Å²) in [7, 11) is 1.60. The van der Waals surface area contributed by atoms with E-state index in [2.05, 4.69) is 4.90 Å². The van der Waals surface area contributed by atoms with Crippen LogP contribution in [0.25, 0.3) is 0 Å². The maximum Gasteiger partial charge on any atom is 0.254 e. The monoisotopic (exact) mass is 345 g/mol. The van der Waals surface area contributed by atoms with Crippen LogP contribution in [0.4, 0.5) is 0 Å². The second-order valence-corrected chi connectivity index (χ2v) is 6.77. The standard InChI is InChI=1S/C19H27N3O3/c1-15(18(23)21-8-3-4-9-21)20-10-12-22(13-11-20)19(24)16-6-5-7-17(14-16)25-2/h5-7,14-15H,3-4,8-13H2,1-2H3. The zero-order valence-corrected chi connectivity index (χ0v) is 15.1. The lowest BCUT2D eigenvalue weighted by molar-refractivity contribution is -0.135. The predicted molar refractivity (Wildman–Crippen MR) is 95.7 cm³/mol. The lowest BCUT2D eigenvalue weighted by Gasteiger charge is -2.38. The number of methoxy groups -OCH3 is 1. The van der Waals surface area contributed by atoms with E-state index in [1.807, 2.05) is 34.9 Å². The second kappa shape index (κ2) is 7.87. The molecule has 136 valence electrons. The van der Waals surface area contributed by atoms with E-state index in [0.29, 0.717) is 24.4 Å². The van der Waals surface area contributed by atoms with Gasteiger partial charge in [0.2, 0.25) is 5.91 Å².